The van der Waals surface area contributed by atoms with Crippen LogP contribution in [0.5, 0.6) is 0 Å². The molecule has 0 aromatic carbocycles. The molecular weight excluding hydrogens is 274 g/mol. The quantitative estimate of drug-likeness (QED) is 0.172. The number of hydrogen-bond donors (Lipinski definition) is 4. The van der Waals surface area contributed by atoms with E-state index >= 15 is 0 Å². The molecule has 1 heterocycles. The summed E-state index contributed by atoms with van der Waals surface area (Å²) in [6, 6.07) is 0. The first-order valence-electron chi connectivity index (χ1n) is 5.38. The third-order valence-electron chi connectivity index (χ3n) is 1.95. The van der Waals surface area contributed by atoms with Crippen LogP contribution in [-0.2, 0) is 4.79 Å². The lowest BCUT2D eigenvalue weighted by atomic mass is 10.4. The normalized spacial score (nSPS) is 13.1. The van der Waals surface area contributed by atoms with Gasteiger partial charge in [0.25, 0.3) is 0 Å². The van der Waals surface area contributed by atoms with Crippen molar-refractivity contribution < 1.29 is 19.7 Å². The summed E-state index contributed by atoms with van der Waals surface area (Å²) in [4.78, 5) is 11.4. The fourth-order valence-electron chi connectivity index (χ4n) is 1.08. The van der Waals surface area contributed by atoms with Gasteiger partial charge in [0.2, 0.25) is 5.91 Å². The summed E-state index contributed by atoms with van der Waals surface area (Å²) >= 11 is 1.08. The molecule has 1 unspecified atom stereocenters. The van der Waals surface area contributed by atoms with Gasteiger partial charge in [-0.3, -0.25) is 4.79 Å². The van der Waals surface area contributed by atoms with E-state index in [-0.39, 0.29) is 29.7 Å². The smallest absolute Gasteiger partial charge is 0.230 e. The lowest BCUT2D eigenvalue weighted by Gasteiger charge is -2.06. The van der Waals surface area contributed by atoms with Crippen molar-refractivity contribution in [2.75, 3.05) is 19.3 Å². The van der Waals surface area contributed by atoms with Crippen molar-refractivity contribution in [2.24, 2.45) is 5.16 Å². The standard InChI is InChI=1S/C9H15N5O4S/c1-5(15)3-11-6(16)4-19-9-7(13-18-14-9)8(10-2)12-17/h5,15,17H,3-4H2,1-2H3,(H,10,12)(H,11,16). The zero-order valence-corrected chi connectivity index (χ0v) is 11.3. The number of amidine groups is 1. The molecule has 1 amide bonds. The van der Waals surface area contributed by atoms with Crippen LogP contribution in [0.4, 0.5) is 0 Å². The number of carbonyl (C=O) groups excluding carboxylic acids is 1. The van der Waals surface area contributed by atoms with Crippen LogP contribution in [0, 0.1) is 0 Å². The second-order valence-electron chi connectivity index (χ2n) is 3.56. The van der Waals surface area contributed by atoms with Crippen LogP contribution in [0.3, 0.4) is 0 Å². The molecule has 0 saturated heterocycles. The first-order chi connectivity index (χ1) is 9.08. The lowest BCUT2D eigenvalue weighted by molar-refractivity contribution is -0.118. The summed E-state index contributed by atoms with van der Waals surface area (Å²) in [7, 11) is 1.55. The molecule has 0 fully saturated rings. The van der Waals surface area contributed by atoms with E-state index in [0.717, 1.165) is 11.8 Å². The Kier molecular flexibility index (Phi) is 6.09. The number of rotatable bonds is 6. The molecule has 10 heteroatoms. The van der Waals surface area contributed by atoms with E-state index in [9.17, 15) is 4.79 Å². The topological polar surface area (TPSA) is 133 Å². The summed E-state index contributed by atoms with van der Waals surface area (Å²) in [5.74, 6) is -0.0870. The Morgan fingerprint density at radius 1 is 1.58 bits per heavy atom. The van der Waals surface area contributed by atoms with Gasteiger partial charge in [0.15, 0.2) is 16.6 Å². The Bertz CT molecular complexity index is 448. The Morgan fingerprint density at radius 2 is 2.32 bits per heavy atom. The van der Waals surface area contributed by atoms with E-state index in [1.54, 1.807) is 14.0 Å². The highest BCUT2D eigenvalue weighted by Gasteiger charge is 2.17. The van der Waals surface area contributed by atoms with Crippen molar-refractivity contribution in [1.29, 1.82) is 0 Å². The van der Waals surface area contributed by atoms with E-state index < -0.39 is 6.10 Å². The Labute approximate surface area is 113 Å². The van der Waals surface area contributed by atoms with Gasteiger partial charge in [0, 0.05) is 13.6 Å². The number of aliphatic hydroxyl groups excluding tert-OH is 1. The highest BCUT2D eigenvalue weighted by atomic mass is 32.2. The molecule has 0 bridgehead atoms. The first-order valence-corrected chi connectivity index (χ1v) is 6.37. The van der Waals surface area contributed by atoms with E-state index in [0.29, 0.717) is 5.03 Å². The van der Waals surface area contributed by atoms with E-state index in [1.807, 2.05) is 0 Å². The Balaban J connectivity index is 2.54. The predicted octanol–water partition coefficient (Wildman–Crippen LogP) is -0.986. The van der Waals surface area contributed by atoms with Crippen molar-refractivity contribution in [1.82, 2.24) is 20.9 Å². The molecule has 0 radical (unpaired) electrons. The summed E-state index contributed by atoms with van der Waals surface area (Å²) in [6.45, 7) is 1.76. The number of aromatic nitrogens is 2. The van der Waals surface area contributed by atoms with Gasteiger partial charge in [-0.15, -0.1) is 0 Å². The minimum atomic E-state index is -0.601. The van der Waals surface area contributed by atoms with Gasteiger partial charge in [0.05, 0.1) is 11.9 Å². The van der Waals surface area contributed by atoms with Crippen LogP contribution in [0.2, 0.25) is 0 Å². The van der Waals surface area contributed by atoms with Crippen LogP contribution < -0.4 is 10.6 Å². The number of carbonyl (C=O) groups is 1. The van der Waals surface area contributed by atoms with Gasteiger partial charge in [-0.25, -0.2) is 4.63 Å². The average molecular weight is 289 g/mol. The molecule has 1 aromatic heterocycles. The SMILES string of the molecule is CN/C(=N\O)c1nonc1SCC(=O)NCC(C)O. The molecule has 19 heavy (non-hydrogen) atoms. The van der Waals surface area contributed by atoms with Crippen molar-refractivity contribution in [3.05, 3.63) is 5.69 Å². The largest absolute Gasteiger partial charge is 0.409 e. The van der Waals surface area contributed by atoms with Crippen LogP contribution in [0.1, 0.15) is 12.6 Å². The molecule has 0 saturated carbocycles. The van der Waals surface area contributed by atoms with Crippen LogP contribution in [0.25, 0.3) is 0 Å². The third-order valence-corrected chi connectivity index (χ3v) is 2.90. The maximum Gasteiger partial charge on any atom is 0.230 e. The Morgan fingerprint density at radius 3 is 2.89 bits per heavy atom. The molecule has 0 spiro atoms. The van der Waals surface area contributed by atoms with Gasteiger partial charge in [-0.2, -0.15) is 0 Å². The van der Waals surface area contributed by atoms with Crippen molar-refractivity contribution in [2.45, 2.75) is 18.1 Å². The number of aliphatic hydroxyl groups is 1. The maximum absolute atomic E-state index is 11.4. The highest BCUT2D eigenvalue weighted by Crippen LogP contribution is 2.18. The second-order valence-corrected chi connectivity index (χ2v) is 4.52. The monoisotopic (exact) mass is 289 g/mol. The molecule has 1 atom stereocenters. The van der Waals surface area contributed by atoms with E-state index in [1.165, 1.54) is 0 Å². The maximum atomic E-state index is 11.4. The number of hydrogen-bond acceptors (Lipinski definition) is 8. The zero-order valence-electron chi connectivity index (χ0n) is 10.5. The van der Waals surface area contributed by atoms with Crippen molar-refractivity contribution >= 4 is 23.5 Å². The number of nitrogens with zero attached hydrogens (tertiary/aromatic N) is 3. The molecule has 0 aliphatic heterocycles. The van der Waals surface area contributed by atoms with E-state index in [4.69, 9.17) is 10.3 Å². The molecule has 4 N–H and O–H groups in total. The fraction of sp³-hybridized carbons (Fsp3) is 0.556. The first kappa shape index (κ1) is 15.2. The van der Waals surface area contributed by atoms with Gasteiger partial charge in [-0.1, -0.05) is 16.9 Å². The van der Waals surface area contributed by atoms with Gasteiger partial charge in [0.1, 0.15) is 0 Å². The van der Waals surface area contributed by atoms with Gasteiger partial charge >= 0.3 is 0 Å². The number of amides is 1. The number of oxime groups is 1. The Hall–Kier alpha value is -1.81. The van der Waals surface area contributed by atoms with Crippen LogP contribution >= 0.6 is 11.8 Å². The van der Waals surface area contributed by atoms with Gasteiger partial charge in [-0.05, 0) is 17.2 Å². The molecular formula is C9H15N5O4S. The lowest BCUT2D eigenvalue weighted by Crippen LogP contribution is -2.31. The van der Waals surface area contributed by atoms with Crippen molar-refractivity contribution in [3.63, 3.8) is 0 Å². The highest BCUT2D eigenvalue weighted by molar-refractivity contribution is 8.00. The number of nitrogens with one attached hydrogen (secondary N) is 2. The summed E-state index contributed by atoms with van der Waals surface area (Å²) in [5, 5.41) is 33.4. The molecule has 0 aliphatic rings. The zero-order chi connectivity index (χ0) is 14.3. The van der Waals surface area contributed by atoms with E-state index in [2.05, 4.69) is 30.7 Å². The molecule has 106 valence electrons. The average Bonchev–Trinajstić information content (AvgIpc) is 2.84. The molecule has 1 rings (SSSR count). The summed E-state index contributed by atoms with van der Waals surface area (Å²) < 4.78 is 4.54. The summed E-state index contributed by atoms with van der Waals surface area (Å²) in [6.07, 6.45) is -0.601. The molecule has 0 aliphatic carbocycles. The summed E-state index contributed by atoms with van der Waals surface area (Å²) in [5.41, 5.74) is 0.221. The van der Waals surface area contributed by atoms with Crippen LogP contribution in [-0.4, -0.2) is 57.8 Å². The predicted molar refractivity (Wildman–Crippen MR) is 67.1 cm³/mol. The number of thioether (sulfide) groups is 1. The van der Waals surface area contributed by atoms with Gasteiger partial charge < -0.3 is 20.9 Å². The van der Waals surface area contributed by atoms with Crippen molar-refractivity contribution in [3.8, 4) is 0 Å². The second kappa shape index (κ2) is 7.59. The minimum absolute atomic E-state index is 0.0797. The molecule has 1 aromatic rings. The van der Waals surface area contributed by atoms with Crippen LogP contribution in [0.15, 0.2) is 14.8 Å². The minimum Gasteiger partial charge on any atom is -0.409 e. The third kappa shape index (κ3) is 4.75. The fourth-order valence-corrected chi connectivity index (χ4v) is 1.81. The molecule has 9 nitrogen and oxygen atoms in total.